The number of hydrogen-bond donors (Lipinski definition) is 6. The van der Waals surface area contributed by atoms with Gasteiger partial charge in [-0.25, -0.2) is 8.78 Å². The number of unbranched alkanes of at least 4 members (excludes halogenated alkanes) is 13. The number of aromatic nitrogens is 1. The topological polar surface area (TPSA) is 227 Å². The molecule has 2 saturated heterocycles. The molecule has 18 heteroatoms. The Morgan fingerprint density at radius 1 is 0.754 bits per heavy atom. The van der Waals surface area contributed by atoms with Gasteiger partial charge in [-0.3, -0.25) is 48.6 Å². The van der Waals surface area contributed by atoms with Gasteiger partial charge in [0.2, 0.25) is 23.3 Å². The van der Waals surface area contributed by atoms with E-state index in [2.05, 4.69) is 26.3 Å². The molecule has 69 heavy (non-hydrogen) atoms. The third-order valence-corrected chi connectivity index (χ3v) is 13.1. The maximum Gasteiger partial charge on any atom is 0.268 e. The van der Waals surface area contributed by atoms with Gasteiger partial charge in [-0.05, 0) is 73.4 Å². The van der Waals surface area contributed by atoms with Crippen molar-refractivity contribution in [2.75, 3.05) is 23.3 Å². The van der Waals surface area contributed by atoms with Crippen molar-refractivity contribution in [2.45, 2.75) is 134 Å². The number of hydrogen-bond acceptors (Lipinski definition) is 9. The fourth-order valence-electron chi connectivity index (χ4n) is 9.28. The van der Waals surface area contributed by atoms with Crippen LogP contribution in [-0.4, -0.2) is 87.0 Å². The standard InChI is InChI=1S/C51H59F2N7O9/c52-34-26-32(27-35(53)30-34)31-55-49(67)51(69)23-25-59(50(51)68)36-19-20-38-33(28-36)29-40(56-38)45(63)54-24-14-12-10-8-6-4-2-1-3-5-7-9-11-13-18-42(61)57-39-17-15-16-37-44(39)48(66)60(47(37)65)41-21-22-43(62)58-46(41)64/h15-17,19-20,26-30,41,56,69H,1-14,18,21-25,31H2,(H,54,63)(H,55,67)(H,57,61)(H,58,62,64). The zero-order valence-corrected chi connectivity index (χ0v) is 38.6. The molecule has 4 aromatic rings. The van der Waals surface area contributed by atoms with Crippen LogP contribution in [0.2, 0.25) is 0 Å². The van der Waals surface area contributed by atoms with Crippen LogP contribution >= 0.6 is 0 Å². The third-order valence-electron chi connectivity index (χ3n) is 13.1. The molecule has 0 saturated carbocycles. The Hall–Kier alpha value is -6.82. The van der Waals surface area contributed by atoms with Gasteiger partial charge < -0.3 is 30.9 Å². The van der Waals surface area contributed by atoms with Crippen molar-refractivity contribution in [1.29, 1.82) is 0 Å². The summed E-state index contributed by atoms with van der Waals surface area (Å²) in [7, 11) is 0. The molecular weight excluding hydrogens is 893 g/mol. The van der Waals surface area contributed by atoms with Crippen molar-refractivity contribution >= 4 is 69.5 Å². The van der Waals surface area contributed by atoms with E-state index in [1.54, 1.807) is 36.4 Å². The van der Waals surface area contributed by atoms with Crippen LogP contribution in [0.4, 0.5) is 20.2 Å². The van der Waals surface area contributed by atoms with Crippen LogP contribution in [0.25, 0.3) is 10.9 Å². The van der Waals surface area contributed by atoms with Gasteiger partial charge in [0.25, 0.3) is 29.5 Å². The van der Waals surface area contributed by atoms with Crippen molar-refractivity contribution in [3.05, 3.63) is 94.7 Å². The van der Waals surface area contributed by atoms with Gasteiger partial charge in [-0.2, -0.15) is 0 Å². The number of anilines is 2. The molecule has 6 N–H and O–H groups in total. The lowest BCUT2D eigenvalue weighted by Gasteiger charge is -2.27. The van der Waals surface area contributed by atoms with Gasteiger partial charge in [0, 0.05) is 61.6 Å². The number of rotatable bonds is 24. The average molecular weight is 952 g/mol. The number of halogens is 2. The lowest BCUT2D eigenvalue weighted by Crippen LogP contribution is -2.54. The van der Waals surface area contributed by atoms with Crippen molar-refractivity contribution in [3.8, 4) is 0 Å². The van der Waals surface area contributed by atoms with E-state index < -0.39 is 58.7 Å². The predicted octanol–water partition coefficient (Wildman–Crippen LogP) is 6.85. The molecule has 0 aliphatic carbocycles. The summed E-state index contributed by atoms with van der Waals surface area (Å²) in [4.78, 5) is 107. The fraction of sp³-hybridized carbons (Fsp3) is 0.451. The second kappa shape index (κ2) is 23.0. The highest BCUT2D eigenvalue weighted by molar-refractivity contribution is 6.26. The zero-order chi connectivity index (χ0) is 49.1. The molecule has 16 nitrogen and oxygen atoms in total. The van der Waals surface area contributed by atoms with E-state index in [4.69, 9.17) is 0 Å². The summed E-state index contributed by atoms with van der Waals surface area (Å²) >= 11 is 0. The van der Waals surface area contributed by atoms with Crippen LogP contribution < -0.4 is 26.2 Å². The number of nitrogens with one attached hydrogen (secondary N) is 5. The van der Waals surface area contributed by atoms with Crippen molar-refractivity contribution < 1.29 is 52.2 Å². The number of benzene rings is 3. The minimum atomic E-state index is -2.34. The molecule has 2 unspecified atom stereocenters. The minimum Gasteiger partial charge on any atom is -0.372 e. The highest BCUT2D eigenvalue weighted by Gasteiger charge is 2.52. The maximum atomic E-state index is 13.6. The largest absolute Gasteiger partial charge is 0.372 e. The molecule has 2 atom stereocenters. The number of piperidine rings is 1. The van der Waals surface area contributed by atoms with E-state index in [0.717, 1.165) is 68.4 Å². The SMILES string of the molecule is O=C1CCC(N2C(=O)c3cccc(NC(=O)CCCCCCCCCCCCCCCCNC(=O)c4cc5cc(N6CCC(O)(C(=O)NCc7cc(F)cc(F)c7)C6=O)ccc5[nH]4)c3C2=O)C(=O)N1. The normalized spacial score (nSPS) is 18.0. The van der Waals surface area contributed by atoms with E-state index >= 15 is 0 Å². The van der Waals surface area contributed by atoms with Gasteiger partial charge in [0.05, 0.1) is 16.8 Å². The molecule has 366 valence electrons. The summed E-state index contributed by atoms with van der Waals surface area (Å²) in [6, 6.07) is 13.2. The molecule has 7 rings (SSSR count). The molecule has 4 heterocycles. The lowest BCUT2D eigenvalue weighted by atomic mass is 10.0. The molecule has 2 fully saturated rings. The van der Waals surface area contributed by atoms with Gasteiger partial charge in [-0.1, -0.05) is 83.1 Å². The Bertz CT molecular complexity index is 2600. The van der Waals surface area contributed by atoms with Gasteiger partial charge in [0.1, 0.15) is 23.4 Å². The summed E-state index contributed by atoms with van der Waals surface area (Å²) < 4.78 is 27.1. The molecule has 0 bridgehead atoms. The number of amides is 8. The number of carbonyl (C=O) groups excluding carboxylic acids is 8. The second-order valence-electron chi connectivity index (χ2n) is 18.2. The fourth-order valence-corrected chi connectivity index (χ4v) is 9.28. The Morgan fingerprint density at radius 2 is 1.41 bits per heavy atom. The summed E-state index contributed by atoms with van der Waals surface area (Å²) in [5.41, 5.74) is -0.268. The third kappa shape index (κ3) is 12.3. The van der Waals surface area contributed by atoms with Crippen LogP contribution in [-0.2, 0) is 30.5 Å². The number of H-pyrrole nitrogens is 1. The number of nitrogens with zero attached hydrogens (tertiary/aromatic N) is 2. The second-order valence-corrected chi connectivity index (χ2v) is 18.2. The minimum absolute atomic E-state index is 0.0283. The number of aromatic amines is 1. The number of fused-ring (bicyclic) bond motifs is 2. The molecule has 8 amide bonds. The highest BCUT2D eigenvalue weighted by Crippen LogP contribution is 2.34. The Balaban J connectivity index is 0.691. The molecule has 3 aromatic carbocycles. The van der Waals surface area contributed by atoms with Crippen LogP contribution in [0.1, 0.15) is 152 Å². The van der Waals surface area contributed by atoms with Crippen molar-refractivity contribution in [1.82, 2.24) is 25.8 Å². The smallest absolute Gasteiger partial charge is 0.268 e. The average Bonchev–Trinajstić information content (AvgIpc) is 3.97. The van der Waals surface area contributed by atoms with E-state index in [1.807, 2.05) is 0 Å². The van der Waals surface area contributed by atoms with E-state index in [-0.39, 0.29) is 73.0 Å². The zero-order valence-electron chi connectivity index (χ0n) is 38.6. The molecule has 3 aliphatic rings. The van der Waals surface area contributed by atoms with Crippen LogP contribution in [0.15, 0.2) is 60.7 Å². The molecular formula is C51H59F2N7O9. The van der Waals surface area contributed by atoms with Crippen LogP contribution in [0.5, 0.6) is 0 Å². The lowest BCUT2D eigenvalue weighted by molar-refractivity contribution is -0.149. The van der Waals surface area contributed by atoms with Crippen LogP contribution in [0.3, 0.4) is 0 Å². The van der Waals surface area contributed by atoms with Crippen molar-refractivity contribution in [2.24, 2.45) is 0 Å². The highest BCUT2D eigenvalue weighted by atomic mass is 19.1. The Morgan fingerprint density at radius 3 is 2.07 bits per heavy atom. The monoisotopic (exact) mass is 951 g/mol. The molecule has 0 spiro atoms. The molecule has 3 aliphatic heterocycles. The first-order chi connectivity index (χ1) is 33.2. The number of aliphatic hydroxyl groups is 1. The summed E-state index contributed by atoms with van der Waals surface area (Å²) in [6.07, 6.45) is 15.1. The Kier molecular flexibility index (Phi) is 16.7. The molecule has 1 aromatic heterocycles. The summed E-state index contributed by atoms with van der Waals surface area (Å²) in [6.45, 7) is 0.332. The van der Waals surface area contributed by atoms with Crippen LogP contribution in [0, 0.1) is 11.6 Å². The van der Waals surface area contributed by atoms with Gasteiger partial charge >= 0.3 is 0 Å². The van der Waals surface area contributed by atoms with Gasteiger partial charge in [0.15, 0.2) is 0 Å². The summed E-state index contributed by atoms with van der Waals surface area (Å²) in [5, 5.41) is 22.0. The maximum absolute atomic E-state index is 13.6. The predicted molar refractivity (Wildman–Crippen MR) is 252 cm³/mol. The first-order valence-corrected chi connectivity index (χ1v) is 24.1. The molecule has 0 radical (unpaired) electrons. The van der Waals surface area contributed by atoms with E-state index in [1.165, 1.54) is 43.1 Å². The van der Waals surface area contributed by atoms with E-state index in [0.29, 0.717) is 41.3 Å². The quantitative estimate of drug-likeness (QED) is 0.0245. The summed E-state index contributed by atoms with van der Waals surface area (Å²) in [5.74, 6) is -6.29. The Labute approximate surface area is 398 Å². The first-order valence-electron chi connectivity index (χ1n) is 24.1. The number of imide groups is 2. The van der Waals surface area contributed by atoms with Crippen molar-refractivity contribution in [3.63, 3.8) is 0 Å². The van der Waals surface area contributed by atoms with E-state index in [9.17, 15) is 52.2 Å². The van der Waals surface area contributed by atoms with Gasteiger partial charge in [-0.15, -0.1) is 0 Å². The first kappa shape index (κ1) is 50.1. The number of carbonyl (C=O) groups is 8.